The lowest BCUT2D eigenvalue weighted by Crippen LogP contribution is -2.21. The average Bonchev–Trinajstić information content (AvgIpc) is 3.33. The van der Waals surface area contributed by atoms with Gasteiger partial charge in [-0.25, -0.2) is 9.78 Å². The third-order valence-corrected chi connectivity index (χ3v) is 5.70. The van der Waals surface area contributed by atoms with Crippen LogP contribution in [0, 0.1) is 10.1 Å². The van der Waals surface area contributed by atoms with Crippen LogP contribution in [0.2, 0.25) is 5.02 Å². The summed E-state index contributed by atoms with van der Waals surface area (Å²) in [4.78, 5) is 40.9. The molecular formula is C22H14ClN3O5S. The Labute approximate surface area is 190 Å². The predicted octanol–water partition coefficient (Wildman–Crippen LogP) is 5.32. The predicted molar refractivity (Wildman–Crippen MR) is 122 cm³/mol. The van der Waals surface area contributed by atoms with Gasteiger partial charge in [-0.15, -0.1) is 11.3 Å². The van der Waals surface area contributed by atoms with Crippen LogP contribution in [0.25, 0.3) is 21.5 Å². The molecule has 4 aromatic rings. The zero-order valence-electron chi connectivity index (χ0n) is 16.3. The Morgan fingerprint density at radius 3 is 2.69 bits per heavy atom. The van der Waals surface area contributed by atoms with Gasteiger partial charge in [0.15, 0.2) is 6.61 Å². The maximum atomic E-state index is 12.8. The van der Waals surface area contributed by atoms with E-state index in [4.69, 9.17) is 16.3 Å². The van der Waals surface area contributed by atoms with Crippen LogP contribution in [0.15, 0.2) is 66.0 Å². The Morgan fingerprint density at radius 2 is 1.94 bits per heavy atom. The highest BCUT2D eigenvalue weighted by Crippen LogP contribution is 2.29. The monoisotopic (exact) mass is 467 g/mol. The molecule has 0 aliphatic carbocycles. The molecule has 4 rings (SSSR count). The second kappa shape index (κ2) is 9.13. The van der Waals surface area contributed by atoms with Gasteiger partial charge in [0, 0.05) is 17.5 Å². The first-order chi connectivity index (χ1) is 15.4. The summed E-state index contributed by atoms with van der Waals surface area (Å²) in [7, 11) is 0. The minimum Gasteiger partial charge on any atom is -0.452 e. The van der Waals surface area contributed by atoms with E-state index in [-0.39, 0.29) is 22.0 Å². The SMILES string of the molecule is O=C(COC(=O)c1cc(-c2cccs2)nc2ccccc12)Nc1cc([N+](=O)[O-])ccc1Cl. The molecule has 0 spiro atoms. The standard InChI is InChI=1S/C22H14ClN3O5S/c23-16-8-7-13(26(29)30)10-18(16)25-21(27)12-31-22(28)15-11-19(20-6-3-9-32-20)24-17-5-2-1-4-14(15)17/h1-11H,12H2,(H,25,27). The molecule has 0 saturated carbocycles. The minimum atomic E-state index is -0.693. The number of pyridine rings is 1. The highest BCUT2D eigenvalue weighted by Gasteiger charge is 2.18. The first-order valence-corrected chi connectivity index (χ1v) is 10.5. The van der Waals surface area contributed by atoms with E-state index in [0.29, 0.717) is 16.6 Å². The second-order valence-corrected chi connectivity index (χ2v) is 7.95. The summed E-state index contributed by atoms with van der Waals surface area (Å²) in [6, 6.07) is 16.2. The molecule has 32 heavy (non-hydrogen) atoms. The van der Waals surface area contributed by atoms with Gasteiger partial charge in [-0.2, -0.15) is 0 Å². The number of carbonyl (C=O) groups is 2. The maximum absolute atomic E-state index is 12.8. The molecule has 0 atom stereocenters. The van der Waals surface area contributed by atoms with Gasteiger partial charge in [0.2, 0.25) is 0 Å². The van der Waals surface area contributed by atoms with E-state index in [0.717, 1.165) is 10.9 Å². The van der Waals surface area contributed by atoms with E-state index in [1.54, 1.807) is 24.3 Å². The van der Waals surface area contributed by atoms with Crippen LogP contribution in [0.1, 0.15) is 10.4 Å². The zero-order valence-corrected chi connectivity index (χ0v) is 17.9. The van der Waals surface area contributed by atoms with Crippen LogP contribution in [-0.4, -0.2) is 28.4 Å². The van der Waals surface area contributed by atoms with Gasteiger partial charge in [0.25, 0.3) is 11.6 Å². The molecule has 0 aliphatic heterocycles. The van der Waals surface area contributed by atoms with E-state index < -0.39 is 23.4 Å². The number of ether oxygens (including phenoxy) is 1. The number of hydrogen-bond acceptors (Lipinski definition) is 7. The lowest BCUT2D eigenvalue weighted by atomic mass is 10.1. The number of nitrogens with one attached hydrogen (secondary N) is 1. The van der Waals surface area contributed by atoms with Gasteiger partial charge in [-0.3, -0.25) is 14.9 Å². The fraction of sp³-hybridized carbons (Fsp3) is 0.0455. The summed E-state index contributed by atoms with van der Waals surface area (Å²) in [6.07, 6.45) is 0. The summed E-state index contributed by atoms with van der Waals surface area (Å²) in [6.45, 7) is -0.594. The summed E-state index contributed by atoms with van der Waals surface area (Å²) in [5.74, 6) is -1.38. The Balaban J connectivity index is 1.53. The van der Waals surface area contributed by atoms with Crippen molar-refractivity contribution < 1.29 is 19.2 Å². The molecule has 8 nitrogen and oxygen atoms in total. The largest absolute Gasteiger partial charge is 0.452 e. The number of amides is 1. The van der Waals surface area contributed by atoms with Crippen molar-refractivity contribution in [2.24, 2.45) is 0 Å². The summed E-state index contributed by atoms with van der Waals surface area (Å²) < 4.78 is 5.21. The van der Waals surface area contributed by atoms with Crippen molar-refractivity contribution in [2.75, 3.05) is 11.9 Å². The van der Waals surface area contributed by atoms with Gasteiger partial charge in [-0.1, -0.05) is 35.9 Å². The normalized spacial score (nSPS) is 10.7. The zero-order chi connectivity index (χ0) is 22.7. The van der Waals surface area contributed by atoms with Crippen molar-refractivity contribution in [3.05, 3.63) is 86.7 Å². The number of aromatic nitrogens is 1. The number of fused-ring (bicyclic) bond motifs is 1. The molecule has 1 N–H and O–H groups in total. The van der Waals surface area contributed by atoms with Crippen LogP contribution in [0.5, 0.6) is 0 Å². The van der Waals surface area contributed by atoms with E-state index in [1.165, 1.54) is 23.5 Å². The molecule has 160 valence electrons. The Bertz CT molecular complexity index is 1340. The molecule has 2 aromatic heterocycles. The molecule has 1 amide bonds. The maximum Gasteiger partial charge on any atom is 0.339 e. The van der Waals surface area contributed by atoms with E-state index in [9.17, 15) is 19.7 Å². The third-order valence-electron chi connectivity index (χ3n) is 4.48. The first-order valence-electron chi connectivity index (χ1n) is 9.27. The van der Waals surface area contributed by atoms with Crippen molar-refractivity contribution in [1.29, 1.82) is 0 Å². The molecule has 2 heterocycles. The fourth-order valence-corrected chi connectivity index (χ4v) is 3.86. The van der Waals surface area contributed by atoms with Crippen LogP contribution < -0.4 is 5.32 Å². The van der Waals surface area contributed by atoms with Gasteiger partial charge in [0.1, 0.15) is 0 Å². The Kier molecular flexibility index (Phi) is 6.11. The van der Waals surface area contributed by atoms with Crippen LogP contribution in [0.3, 0.4) is 0 Å². The number of hydrogen-bond donors (Lipinski definition) is 1. The Morgan fingerprint density at radius 1 is 1.12 bits per heavy atom. The second-order valence-electron chi connectivity index (χ2n) is 6.60. The van der Waals surface area contributed by atoms with Crippen molar-refractivity contribution in [1.82, 2.24) is 4.98 Å². The molecule has 10 heteroatoms. The number of nitro benzene ring substituents is 1. The van der Waals surface area contributed by atoms with Crippen LogP contribution in [-0.2, 0) is 9.53 Å². The first kappa shape index (κ1) is 21.4. The number of halogens is 1. The molecule has 0 radical (unpaired) electrons. The van der Waals surface area contributed by atoms with Crippen molar-refractivity contribution >= 4 is 57.1 Å². The summed E-state index contributed by atoms with van der Waals surface area (Å²) in [5, 5.41) is 16.0. The lowest BCUT2D eigenvalue weighted by Gasteiger charge is -2.10. The molecule has 0 bridgehead atoms. The number of nitro groups is 1. The Hall–Kier alpha value is -3.82. The quantitative estimate of drug-likeness (QED) is 0.233. The molecule has 0 aliphatic rings. The summed E-state index contributed by atoms with van der Waals surface area (Å²) in [5.41, 5.74) is 1.35. The topological polar surface area (TPSA) is 111 Å². The highest BCUT2D eigenvalue weighted by atomic mass is 35.5. The molecule has 2 aromatic carbocycles. The number of nitrogens with zero attached hydrogens (tertiary/aromatic N) is 2. The van der Waals surface area contributed by atoms with Crippen molar-refractivity contribution in [3.8, 4) is 10.6 Å². The molecule has 0 unspecified atom stereocenters. The van der Waals surface area contributed by atoms with Gasteiger partial charge < -0.3 is 10.1 Å². The van der Waals surface area contributed by atoms with Gasteiger partial charge in [-0.05, 0) is 29.6 Å². The van der Waals surface area contributed by atoms with Crippen molar-refractivity contribution in [2.45, 2.75) is 0 Å². The van der Waals surface area contributed by atoms with E-state index in [2.05, 4.69) is 10.3 Å². The summed E-state index contributed by atoms with van der Waals surface area (Å²) >= 11 is 7.47. The van der Waals surface area contributed by atoms with Crippen LogP contribution >= 0.6 is 22.9 Å². The van der Waals surface area contributed by atoms with Gasteiger partial charge in [0.05, 0.1) is 37.3 Å². The van der Waals surface area contributed by atoms with Crippen LogP contribution in [0.4, 0.5) is 11.4 Å². The highest BCUT2D eigenvalue weighted by molar-refractivity contribution is 7.13. The smallest absolute Gasteiger partial charge is 0.339 e. The number of carbonyl (C=O) groups excluding carboxylic acids is 2. The number of benzene rings is 2. The number of non-ortho nitro benzene ring substituents is 1. The van der Waals surface area contributed by atoms with Crippen molar-refractivity contribution in [3.63, 3.8) is 0 Å². The number of para-hydroxylation sites is 1. The lowest BCUT2D eigenvalue weighted by molar-refractivity contribution is -0.384. The van der Waals surface area contributed by atoms with E-state index in [1.807, 2.05) is 23.6 Å². The number of anilines is 1. The number of rotatable bonds is 6. The molecule has 0 saturated heterocycles. The third kappa shape index (κ3) is 4.58. The van der Waals surface area contributed by atoms with E-state index >= 15 is 0 Å². The number of thiophene rings is 1. The van der Waals surface area contributed by atoms with Gasteiger partial charge >= 0.3 is 5.97 Å². The fourth-order valence-electron chi connectivity index (χ4n) is 3.01. The molecule has 0 fully saturated rings. The number of esters is 1. The average molecular weight is 468 g/mol. The minimum absolute atomic E-state index is 0.0521. The molecular weight excluding hydrogens is 454 g/mol.